The number of nitrogens with two attached hydrogens (primary N) is 1. The Bertz CT molecular complexity index is 747. The number of hydrogen-bond donors (Lipinski definition) is 3. The summed E-state index contributed by atoms with van der Waals surface area (Å²) in [6, 6.07) is 3.20. The average Bonchev–Trinajstić information content (AvgIpc) is 2.77. The first-order valence-electron chi connectivity index (χ1n) is 13.3. The van der Waals surface area contributed by atoms with Crippen molar-refractivity contribution in [3.05, 3.63) is 29.6 Å². The van der Waals surface area contributed by atoms with Crippen LogP contribution in [0.5, 0.6) is 0 Å². The number of rotatable bonds is 18. The molecule has 1 aromatic heterocycles. The van der Waals surface area contributed by atoms with Crippen LogP contribution in [0, 0.1) is 0 Å². The molecule has 4 N–H and O–H groups in total. The van der Waals surface area contributed by atoms with E-state index >= 15 is 0 Å². The Hall–Kier alpha value is -2.44. The van der Waals surface area contributed by atoms with Gasteiger partial charge in [-0.3, -0.25) is 19.4 Å². The predicted octanol–water partition coefficient (Wildman–Crippen LogP) is 4.29. The molecule has 0 bridgehead atoms. The molecule has 190 valence electrons. The first kappa shape index (κ1) is 27.8. The van der Waals surface area contributed by atoms with E-state index in [1.807, 2.05) is 12.3 Å². The van der Waals surface area contributed by atoms with Crippen LogP contribution in [-0.2, 0) is 20.8 Å². The number of pyridine rings is 1. The maximum Gasteiger partial charge on any atom is 0.243 e. The van der Waals surface area contributed by atoms with Gasteiger partial charge in [0.1, 0.15) is 6.04 Å². The van der Waals surface area contributed by atoms with Gasteiger partial charge in [-0.2, -0.15) is 0 Å². The van der Waals surface area contributed by atoms with Gasteiger partial charge in [0.15, 0.2) is 0 Å². The molecule has 7 nitrogen and oxygen atoms in total. The number of nitrogens with one attached hydrogen (secondary N) is 2. The Morgan fingerprint density at radius 3 is 2.26 bits per heavy atom. The number of primary amides is 1. The molecule has 7 heteroatoms. The number of carbonyl (C=O) groups is 3. The van der Waals surface area contributed by atoms with Crippen molar-refractivity contribution in [3.63, 3.8) is 0 Å². The van der Waals surface area contributed by atoms with Gasteiger partial charge in [0, 0.05) is 31.3 Å². The van der Waals surface area contributed by atoms with Gasteiger partial charge in [0.2, 0.25) is 17.7 Å². The second-order valence-corrected chi connectivity index (χ2v) is 9.62. The van der Waals surface area contributed by atoms with Crippen molar-refractivity contribution in [2.24, 2.45) is 5.73 Å². The van der Waals surface area contributed by atoms with Crippen molar-refractivity contribution < 1.29 is 14.4 Å². The topological polar surface area (TPSA) is 114 Å². The van der Waals surface area contributed by atoms with Crippen LogP contribution >= 0.6 is 0 Å². The average molecular weight is 473 g/mol. The van der Waals surface area contributed by atoms with Gasteiger partial charge in [0.25, 0.3) is 0 Å². The standard InChI is InChI=1S/C27H44N4O3/c1-2-3-4-5-6-7-8-9-10-14-26(33)31-24(19-25(28)32)27(34)29-18-17-23-16-15-22(20-30-23)21-12-11-13-21/h15-16,20-21,24H,2-14,17-19H2,1H3,(H2,28,32)(H,29,34)(H,31,33)/t24-/m1/s1. The summed E-state index contributed by atoms with van der Waals surface area (Å²) in [7, 11) is 0. The van der Waals surface area contributed by atoms with E-state index in [0.29, 0.717) is 25.3 Å². The zero-order valence-corrected chi connectivity index (χ0v) is 20.9. The van der Waals surface area contributed by atoms with Crippen LogP contribution in [0.15, 0.2) is 18.3 Å². The van der Waals surface area contributed by atoms with Crippen LogP contribution in [-0.4, -0.2) is 35.3 Å². The van der Waals surface area contributed by atoms with Gasteiger partial charge in [0.05, 0.1) is 6.42 Å². The zero-order valence-electron chi connectivity index (χ0n) is 20.9. The highest BCUT2D eigenvalue weighted by atomic mass is 16.2. The molecular weight excluding hydrogens is 428 g/mol. The van der Waals surface area contributed by atoms with Crippen molar-refractivity contribution in [1.82, 2.24) is 15.6 Å². The van der Waals surface area contributed by atoms with Crippen LogP contribution in [0.2, 0.25) is 0 Å². The van der Waals surface area contributed by atoms with E-state index in [9.17, 15) is 14.4 Å². The SMILES string of the molecule is CCCCCCCCCCCC(=O)N[C@H](CC(N)=O)C(=O)NCCc1ccc(C2CCC2)cn1. The number of amides is 3. The largest absolute Gasteiger partial charge is 0.370 e. The minimum atomic E-state index is -0.933. The molecule has 1 aliphatic carbocycles. The lowest BCUT2D eigenvalue weighted by molar-refractivity contribution is -0.131. The van der Waals surface area contributed by atoms with Gasteiger partial charge in [-0.05, 0) is 36.8 Å². The third-order valence-corrected chi connectivity index (χ3v) is 6.67. The third-order valence-electron chi connectivity index (χ3n) is 6.67. The van der Waals surface area contributed by atoms with E-state index < -0.39 is 11.9 Å². The van der Waals surface area contributed by atoms with Crippen LogP contribution < -0.4 is 16.4 Å². The molecule has 1 atom stereocenters. The summed E-state index contributed by atoms with van der Waals surface area (Å²) in [4.78, 5) is 40.8. The normalized spacial score (nSPS) is 14.3. The summed E-state index contributed by atoms with van der Waals surface area (Å²) in [6.07, 6.45) is 17.0. The molecule has 0 aliphatic heterocycles. The van der Waals surface area contributed by atoms with Crippen LogP contribution in [0.1, 0.15) is 114 Å². The van der Waals surface area contributed by atoms with E-state index in [1.165, 1.54) is 63.4 Å². The molecule has 0 spiro atoms. The van der Waals surface area contributed by atoms with Crippen LogP contribution in [0.4, 0.5) is 0 Å². The molecule has 0 radical (unpaired) electrons. The van der Waals surface area contributed by atoms with Gasteiger partial charge in [-0.15, -0.1) is 0 Å². The summed E-state index contributed by atoms with van der Waals surface area (Å²) >= 11 is 0. The van der Waals surface area contributed by atoms with E-state index in [4.69, 9.17) is 5.73 Å². The summed E-state index contributed by atoms with van der Waals surface area (Å²) < 4.78 is 0. The van der Waals surface area contributed by atoms with Gasteiger partial charge in [-0.25, -0.2) is 0 Å². The quantitative estimate of drug-likeness (QED) is 0.277. The summed E-state index contributed by atoms with van der Waals surface area (Å²) in [5.74, 6) is -0.561. The second kappa shape index (κ2) is 16.2. The zero-order chi connectivity index (χ0) is 24.6. The van der Waals surface area contributed by atoms with Crippen molar-refractivity contribution in [2.75, 3.05) is 6.54 Å². The number of unbranched alkanes of at least 4 members (excludes halogenated alkanes) is 8. The Balaban J connectivity index is 1.64. The lowest BCUT2D eigenvalue weighted by atomic mass is 9.81. The molecule has 3 amide bonds. The minimum absolute atomic E-state index is 0.205. The first-order chi connectivity index (χ1) is 16.5. The molecule has 1 aliphatic rings. The molecule has 1 fully saturated rings. The van der Waals surface area contributed by atoms with Crippen LogP contribution in [0.3, 0.4) is 0 Å². The van der Waals surface area contributed by atoms with E-state index in [2.05, 4.69) is 28.6 Å². The Morgan fingerprint density at radius 2 is 1.71 bits per heavy atom. The number of aromatic nitrogens is 1. The predicted molar refractivity (Wildman–Crippen MR) is 135 cm³/mol. The summed E-state index contributed by atoms with van der Waals surface area (Å²) in [5, 5.41) is 5.49. The lowest BCUT2D eigenvalue weighted by Crippen LogP contribution is -2.49. The molecular formula is C27H44N4O3. The van der Waals surface area contributed by atoms with Crippen LogP contribution in [0.25, 0.3) is 0 Å². The van der Waals surface area contributed by atoms with Gasteiger partial charge in [-0.1, -0.05) is 70.8 Å². The van der Waals surface area contributed by atoms with Gasteiger partial charge >= 0.3 is 0 Å². The van der Waals surface area contributed by atoms with E-state index in [-0.39, 0.29) is 18.2 Å². The molecule has 0 unspecified atom stereocenters. The Morgan fingerprint density at radius 1 is 1.03 bits per heavy atom. The molecule has 34 heavy (non-hydrogen) atoms. The lowest BCUT2D eigenvalue weighted by Gasteiger charge is -2.25. The maximum absolute atomic E-state index is 12.6. The number of hydrogen-bond acceptors (Lipinski definition) is 4. The fraction of sp³-hybridized carbons (Fsp3) is 0.704. The second-order valence-electron chi connectivity index (χ2n) is 9.62. The molecule has 1 aromatic rings. The van der Waals surface area contributed by atoms with E-state index in [1.54, 1.807) is 0 Å². The fourth-order valence-corrected chi connectivity index (χ4v) is 4.28. The molecule has 0 saturated heterocycles. The number of nitrogens with zero attached hydrogens (tertiary/aromatic N) is 1. The van der Waals surface area contributed by atoms with Gasteiger partial charge < -0.3 is 16.4 Å². The van der Waals surface area contributed by atoms with Crippen molar-refractivity contribution >= 4 is 17.7 Å². The molecule has 0 aromatic carbocycles. The maximum atomic E-state index is 12.6. The molecule has 1 saturated carbocycles. The monoisotopic (exact) mass is 472 g/mol. The highest BCUT2D eigenvalue weighted by Gasteiger charge is 2.23. The fourth-order valence-electron chi connectivity index (χ4n) is 4.28. The van der Waals surface area contributed by atoms with E-state index in [0.717, 1.165) is 25.0 Å². The summed E-state index contributed by atoms with van der Waals surface area (Å²) in [5.41, 5.74) is 7.49. The first-order valence-corrected chi connectivity index (χ1v) is 13.3. The van der Waals surface area contributed by atoms with Crippen molar-refractivity contribution in [1.29, 1.82) is 0 Å². The number of carbonyl (C=O) groups excluding carboxylic acids is 3. The third kappa shape index (κ3) is 11.1. The highest BCUT2D eigenvalue weighted by molar-refractivity contribution is 5.91. The Labute approximate surface area is 205 Å². The molecule has 2 rings (SSSR count). The smallest absolute Gasteiger partial charge is 0.243 e. The summed E-state index contributed by atoms with van der Waals surface area (Å²) in [6.45, 7) is 2.60. The molecule has 1 heterocycles. The van der Waals surface area contributed by atoms with Crippen molar-refractivity contribution in [3.8, 4) is 0 Å². The highest BCUT2D eigenvalue weighted by Crippen LogP contribution is 2.35. The van der Waals surface area contributed by atoms with Crippen molar-refractivity contribution in [2.45, 2.75) is 115 Å². The minimum Gasteiger partial charge on any atom is -0.370 e. The Kier molecular flexibility index (Phi) is 13.3.